The third kappa shape index (κ3) is 6.79. The number of aryl methyl sites for hydroxylation is 1. The molecule has 0 aliphatic carbocycles. The van der Waals surface area contributed by atoms with Gasteiger partial charge in [0.2, 0.25) is 5.91 Å². The molecule has 1 rings (SSSR count). The lowest BCUT2D eigenvalue weighted by Crippen LogP contribution is -2.39. The summed E-state index contributed by atoms with van der Waals surface area (Å²) in [6, 6.07) is 8.50. The number of nitrogens with zero attached hydrogens (tertiary/aromatic N) is 2. The van der Waals surface area contributed by atoms with Crippen molar-refractivity contribution in [2.24, 2.45) is 4.99 Å². The number of amides is 1. The van der Waals surface area contributed by atoms with Crippen molar-refractivity contribution in [1.29, 1.82) is 0 Å². The number of hydrogen-bond donors (Lipinski definition) is 2. The summed E-state index contributed by atoms with van der Waals surface area (Å²) in [7, 11) is 3.46. The number of likely N-dealkylation sites (N-methyl/N-ethyl adjacent to an activating group) is 1. The fourth-order valence-corrected chi connectivity index (χ4v) is 1.71. The van der Waals surface area contributed by atoms with Gasteiger partial charge in [0.1, 0.15) is 6.54 Å². The fourth-order valence-electron chi connectivity index (χ4n) is 1.71. The van der Waals surface area contributed by atoms with Crippen LogP contribution in [0.2, 0.25) is 0 Å². The second-order valence-electron chi connectivity index (χ2n) is 5.15. The fraction of sp³-hybridized carbons (Fsp3) is 0.500. The number of nitrogens with one attached hydrogen (secondary N) is 2. The van der Waals surface area contributed by atoms with E-state index >= 15 is 0 Å². The van der Waals surface area contributed by atoms with Gasteiger partial charge in [-0.25, -0.2) is 4.99 Å². The minimum absolute atomic E-state index is 0.00858. The average molecular weight is 290 g/mol. The van der Waals surface area contributed by atoms with Gasteiger partial charge in [-0.15, -0.1) is 0 Å². The molecule has 0 aromatic heterocycles. The van der Waals surface area contributed by atoms with E-state index in [-0.39, 0.29) is 12.5 Å². The summed E-state index contributed by atoms with van der Waals surface area (Å²) in [5.74, 6) is 0.672. The minimum atomic E-state index is -0.00858. The van der Waals surface area contributed by atoms with E-state index in [4.69, 9.17) is 0 Å². The Hall–Kier alpha value is -2.04. The highest BCUT2D eigenvalue weighted by atomic mass is 16.2. The van der Waals surface area contributed by atoms with Gasteiger partial charge < -0.3 is 15.5 Å². The van der Waals surface area contributed by atoms with Gasteiger partial charge in [-0.2, -0.15) is 0 Å². The third-order valence-electron chi connectivity index (χ3n) is 3.04. The van der Waals surface area contributed by atoms with Crippen LogP contribution in [0.5, 0.6) is 0 Å². The molecule has 0 heterocycles. The topological polar surface area (TPSA) is 56.7 Å². The summed E-state index contributed by atoms with van der Waals surface area (Å²) < 4.78 is 0. The van der Waals surface area contributed by atoms with Crippen molar-refractivity contribution < 1.29 is 4.79 Å². The van der Waals surface area contributed by atoms with Gasteiger partial charge in [-0.1, -0.05) is 29.8 Å². The zero-order chi connectivity index (χ0) is 15.7. The summed E-state index contributed by atoms with van der Waals surface area (Å²) in [5.41, 5.74) is 2.55. The highest BCUT2D eigenvalue weighted by Gasteiger charge is 2.03. The number of aliphatic imine (C=N–C) groups is 1. The molecule has 2 N–H and O–H groups in total. The van der Waals surface area contributed by atoms with Crippen molar-refractivity contribution in [3.05, 3.63) is 35.4 Å². The van der Waals surface area contributed by atoms with Crippen LogP contribution < -0.4 is 10.6 Å². The third-order valence-corrected chi connectivity index (χ3v) is 3.04. The number of rotatable bonds is 6. The molecule has 5 nitrogen and oxygen atoms in total. The SMILES string of the molecule is CCNC(=NCC(=O)N(C)C)NCCc1ccc(C)cc1. The molecule has 1 aromatic carbocycles. The van der Waals surface area contributed by atoms with Crippen molar-refractivity contribution in [3.63, 3.8) is 0 Å². The number of hydrogen-bond acceptors (Lipinski definition) is 2. The summed E-state index contributed by atoms with van der Waals surface area (Å²) in [5, 5.41) is 6.39. The first kappa shape index (κ1) is 17.0. The molecule has 0 aliphatic rings. The zero-order valence-electron chi connectivity index (χ0n) is 13.4. The normalized spacial score (nSPS) is 11.1. The van der Waals surface area contributed by atoms with E-state index in [1.54, 1.807) is 19.0 Å². The van der Waals surface area contributed by atoms with Crippen LogP contribution in [0, 0.1) is 6.92 Å². The van der Waals surface area contributed by atoms with E-state index in [0.29, 0.717) is 5.96 Å². The highest BCUT2D eigenvalue weighted by molar-refractivity contribution is 5.84. The van der Waals surface area contributed by atoms with E-state index in [2.05, 4.69) is 46.8 Å². The maximum absolute atomic E-state index is 11.5. The van der Waals surface area contributed by atoms with E-state index < -0.39 is 0 Å². The lowest BCUT2D eigenvalue weighted by molar-refractivity contribution is -0.127. The van der Waals surface area contributed by atoms with Crippen molar-refractivity contribution in [1.82, 2.24) is 15.5 Å². The van der Waals surface area contributed by atoms with Crippen molar-refractivity contribution in [2.45, 2.75) is 20.3 Å². The lowest BCUT2D eigenvalue weighted by atomic mass is 10.1. The zero-order valence-corrected chi connectivity index (χ0v) is 13.4. The smallest absolute Gasteiger partial charge is 0.243 e. The number of guanidine groups is 1. The van der Waals surface area contributed by atoms with E-state index in [9.17, 15) is 4.79 Å². The molecule has 0 radical (unpaired) electrons. The van der Waals surface area contributed by atoms with Crippen LogP contribution in [0.4, 0.5) is 0 Å². The Labute approximate surface area is 127 Å². The number of carbonyl (C=O) groups excluding carboxylic acids is 1. The molecule has 0 unspecified atom stereocenters. The van der Waals surface area contributed by atoms with Gasteiger partial charge in [0.25, 0.3) is 0 Å². The Kier molecular flexibility index (Phi) is 7.29. The largest absolute Gasteiger partial charge is 0.357 e. The van der Waals surface area contributed by atoms with Gasteiger partial charge in [0.15, 0.2) is 5.96 Å². The Morgan fingerprint density at radius 3 is 2.43 bits per heavy atom. The van der Waals surface area contributed by atoms with Crippen LogP contribution >= 0.6 is 0 Å². The molecule has 116 valence electrons. The first-order valence-corrected chi connectivity index (χ1v) is 7.30. The first-order chi connectivity index (χ1) is 10.0. The molecule has 0 aliphatic heterocycles. The molecule has 0 saturated carbocycles. The summed E-state index contributed by atoms with van der Waals surface area (Å²) >= 11 is 0. The monoisotopic (exact) mass is 290 g/mol. The Morgan fingerprint density at radius 2 is 1.86 bits per heavy atom. The molecular formula is C16H26N4O. The number of benzene rings is 1. The molecule has 0 atom stereocenters. The average Bonchev–Trinajstić information content (AvgIpc) is 2.46. The van der Waals surface area contributed by atoms with Crippen LogP contribution in [0.15, 0.2) is 29.3 Å². The first-order valence-electron chi connectivity index (χ1n) is 7.30. The Bertz CT molecular complexity index is 466. The van der Waals surface area contributed by atoms with Gasteiger partial charge in [0, 0.05) is 27.2 Å². The maximum Gasteiger partial charge on any atom is 0.243 e. The van der Waals surface area contributed by atoms with Crippen LogP contribution in [-0.4, -0.2) is 50.5 Å². The second kappa shape index (κ2) is 9.00. The van der Waals surface area contributed by atoms with Gasteiger partial charge in [-0.3, -0.25) is 4.79 Å². The van der Waals surface area contributed by atoms with Gasteiger partial charge >= 0.3 is 0 Å². The Morgan fingerprint density at radius 1 is 1.19 bits per heavy atom. The molecular weight excluding hydrogens is 264 g/mol. The van der Waals surface area contributed by atoms with Gasteiger partial charge in [-0.05, 0) is 25.8 Å². The summed E-state index contributed by atoms with van der Waals surface area (Å²) in [6.45, 7) is 5.80. The molecule has 5 heteroatoms. The summed E-state index contributed by atoms with van der Waals surface area (Å²) in [6.07, 6.45) is 0.923. The maximum atomic E-state index is 11.5. The highest BCUT2D eigenvalue weighted by Crippen LogP contribution is 2.02. The Balaban J connectivity index is 2.45. The predicted octanol–water partition coefficient (Wildman–Crippen LogP) is 1.18. The number of carbonyl (C=O) groups is 1. The molecule has 21 heavy (non-hydrogen) atoms. The van der Waals surface area contributed by atoms with Crippen LogP contribution in [0.1, 0.15) is 18.1 Å². The van der Waals surface area contributed by atoms with E-state index in [1.165, 1.54) is 11.1 Å². The standard InChI is InChI=1S/C16H26N4O/c1-5-17-16(19-12-15(21)20(3)4)18-11-10-14-8-6-13(2)7-9-14/h6-9H,5,10-12H2,1-4H3,(H2,17,18,19). The van der Waals surface area contributed by atoms with Crippen LogP contribution in [-0.2, 0) is 11.2 Å². The van der Waals surface area contributed by atoms with E-state index in [0.717, 1.165) is 19.5 Å². The molecule has 0 spiro atoms. The van der Waals surface area contributed by atoms with Crippen molar-refractivity contribution in [2.75, 3.05) is 33.7 Å². The lowest BCUT2D eigenvalue weighted by Gasteiger charge is -2.12. The van der Waals surface area contributed by atoms with Crippen molar-refractivity contribution in [3.8, 4) is 0 Å². The molecule has 0 bridgehead atoms. The van der Waals surface area contributed by atoms with Crippen LogP contribution in [0.3, 0.4) is 0 Å². The quantitative estimate of drug-likeness (QED) is 0.611. The van der Waals surface area contributed by atoms with E-state index in [1.807, 2.05) is 6.92 Å². The van der Waals surface area contributed by atoms with Crippen molar-refractivity contribution >= 4 is 11.9 Å². The molecule has 1 amide bonds. The second-order valence-corrected chi connectivity index (χ2v) is 5.15. The molecule has 1 aromatic rings. The minimum Gasteiger partial charge on any atom is -0.357 e. The predicted molar refractivity (Wildman–Crippen MR) is 87.6 cm³/mol. The molecule has 0 fully saturated rings. The summed E-state index contributed by atoms with van der Waals surface area (Å²) in [4.78, 5) is 17.4. The van der Waals surface area contributed by atoms with Gasteiger partial charge in [0.05, 0.1) is 0 Å². The van der Waals surface area contributed by atoms with Crippen LogP contribution in [0.25, 0.3) is 0 Å². The molecule has 0 saturated heterocycles.